The lowest BCUT2D eigenvalue weighted by Gasteiger charge is -2.35. The van der Waals surface area contributed by atoms with Gasteiger partial charge in [0.1, 0.15) is 11.5 Å². The predicted octanol–water partition coefficient (Wildman–Crippen LogP) is 4.50. The molecule has 24 heavy (non-hydrogen) atoms. The zero-order valence-electron chi connectivity index (χ0n) is 15.6. The molecule has 0 spiro atoms. The first-order valence-corrected chi connectivity index (χ1v) is 8.98. The van der Waals surface area contributed by atoms with Gasteiger partial charge in [-0.1, -0.05) is 47.5 Å². The van der Waals surface area contributed by atoms with E-state index >= 15 is 0 Å². The smallest absolute Gasteiger partial charge is 0.188 e. The summed E-state index contributed by atoms with van der Waals surface area (Å²) in [6, 6.07) is 3.47. The average Bonchev–Trinajstić information content (AvgIpc) is 2.53. The number of hydrogen-bond acceptors (Lipinski definition) is 4. The van der Waals surface area contributed by atoms with Gasteiger partial charge in [0.2, 0.25) is 0 Å². The van der Waals surface area contributed by atoms with Crippen LogP contribution in [0.2, 0.25) is 0 Å². The van der Waals surface area contributed by atoms with Gasteiger partial charge in [-0.15, -0.1) is 5.10 Å². The number of carbonyl (C=O) groups excluding carboxylic acids is 2. The third-order valence-electron chi connectivity index (χ3n) is 5.11. The normalized spacial score (nSPS) is 22.2. The van der Waals surface area contributed by atoms with E-state index in [2.05, 4.69) is 10.2 Å². The molecule has 1 aromatic heterocycles. The largest absolute Gasteiger partial charge is 0.299 e. The molecule has 1 saturated carbocycles. The molecule has 1 heterocycles. The van der Waals surface area contributed by atoms with Gasteiger partial charge in [0.15, 0.2) is 5.78 Å². The second kappa shape index (κ2) is 7.12. The summed E-state index contributed by atoms with van der Waals surface area (Å²) in [4.78, 5) is 25.3. The Morgan fingerprint density at radius 1 is 1.17 bits per heavy atom. The van der Waals surface area contributed by atoms with Crippen LogP contribution < -0.4 is 0 Å². The molecular formula is C20H30N2O2. The van der Waals surface area contributed by atoms with Crippen molar-refractivity contribution in [1.29, 1.82) is 0 Å². The number of Topliss-reactive ketones (excluding diaryl/α,β-unsaturated/α-hetero) is 2. The Bertz CT molecular complexity index is 587. The van der Waals surface area contributed by atoms with E-state index in [1.165, 1.54) is 0 Å². The van der Waals surface area contributed by atoms with Crippen molar-refractivity contribution in [2.75, 3.05) is 0 Å². The highest BCUT2D eigenvalue weighted by molar-refractivity contribution is 5.98. The highest BCUT2D eigenvalue weighted by Crippen LogP contribution is 2.40. The van der Waals surface area contributed by atoms with Gasteiger partial charge in [0.05, 0.1) is 0 Å². The molecular weight excluding hydrogens is 300 g/mol. The van der Waals surface area contributed by atoms with Gasteiger partial charge < -0.3 is 0 Å². The Morgan fingerprint density at radius 2 is 1.88 bits per heavy atom. The fraction of sp³-hybridized carbons (Fsp3) is 0.700. The molecule has 132 valence electrons. The van der Waals surface area contributed by atoms with Gasteiger partial charge >= 0.3 is 0 Å². The van der Waals surface area contributed by atoms with E-state index in [4.69, 9.17) is 0 Å². The van der Waals surface area contributed by atoms with Gasteiger partial charge in [-0.3, -0.25) is 9.59 Å². The highest BCUT2D eigenvalue weighted by Gasteiger charge is 2.38. The minimum absolute atomic E-state index is 0.0415. The van der Waals surface area contributed by atoms with E-state index in [9.17, 15) is 9.59 Å². The van der Waals surface area contributed by atoms with Crippen LogP contribution in [0.15, 0.2) is 18.3 Å². The summed E-state index contributed by atoms with van der Waals surface area (Å²) >= 11 is 0. The van der Waals surface area contributed by atoms with Crippen LogP contribution in [0.25, 0.3) is 0 Å². The fourth-order valence-corrected chi connectivity index (χ4v) is 3.91. The van der Waals surface area contributed by atoms with Crippen LogP contribution in [0.1, 0.15) is 77.2 Å². The molecule has 4 heteroatoms. The summed E-state index contributed by atoms with van der Waals surface area (Å²) < 4.78 is 0. The maximum atomic E-state index is 12.7. The maximum Gasteiger partial charge on any atom is 0.188 e. The van der Waals surface area contributed by atoms with Crippen molar-refractivity contribution in [2.24, 2.45) is 22.7 Å². The summed E-state index contributed by atoms with van der Waals surface area (Å²) in [7, 11) is 0. The van der Waals surface area contributed by atoms with Gasteiger partial charge in [-0.05, 0) is 37.3 Å². The standard InChI is InChI=1S/C20H30N2O2/c1-19(2,3)17(23)15-9-6-8-14(12-15)13-20(4,5)18(24)16-10-7-11-21-22-16/h7,10-11,14-15H,6,8-9,12-13H2,1-5H3. The fourth-order valence-electron chi connectivity index (χ4n) is 3.91. The average molecular weight is 330 g/mol. The lowest BCUT2D eigenvalue weighted by atomic mass is 9.68. The second-order valence-corrected chi connectivity index (χ2v) is 8.87. The Kier molecular flexibility index (Phi) is 5.56. The summed E-state index contributed by atoms with van der Waals surface area (Å²) in [6.45, 7) is 9.97. The third kappa shape index (κ3) is 4.49. The monoisotopic (exact) mass is 330 g/mol. The Balaban J connectivity index is 2.04. The van der Waals surface area contributed by atoms with E-state index in [0.29, 0.717) is 17.4 Å². The van der Waals surface area contributed by atoms with Crippen LogP contribution in [0.5, 0.6) is 0 Å². The molecule has 1 aromatic rings. The van der Waals surface area contributed by atoms with Gasteiger partial charge in [0.25, 0.3) is 0 Å². The zero-order valence-corrected chi connectivity index (χ0v) is 15.6. The molecule has 0 saturated heterocycles. The molecule has 1 aliphatic rings. The van der Waals surface area contributed by atoms with Gasteiger partial charge in [-0.2, -0.15) is 5.10 Å². The summed E-state index contributed by atoms with van der Waals surface area (Å²) in [5, 5.41) is 7.77. The van der Waals surface area contributed by atoms with Crippen LogP contribution in [0.3, 0.4) is 0 Å². The number of aromatic nitrogens is 2. The summed E-state index contributed by atoms with van der Waals surface area (Å²) in [5.74, 6) is 0.974. The maximum absolute atomic E-state index is 12.7. The molecule has 0 bridgehead atoms. The summed E-state index contributed by atoms with van der Waals surface area (Å²) in [5.41, 5.74) is -0.328. The van der Waals surface area contributed by atoms with E-state index < -0.39 is 5.41 Å². The van der Waals surface area contributed by atoms with Crippen LogP contribution in [0, 0.1) is 22.7 Å². The lowest BCUT2D eigenvalue weighted by molar-refractivity contribution is -0.132. The van der Waals surface area contributed by atoms with Crippen LogP contribution in [-0.2, 0) is 4.79 Å². The van der Waals surface area contributed by atoms with Crippen molar-refractivity contribution in [3.63, 3.8) is 0 Å². The molecule has 2 unspecified atom stereocenters. The van der Waals surface area contributed by atoms with Crippen LogP contribution >= 0.6 is 0 Å². The molecule has 0 radical (unpaired) electrons. The number of rotatable bonds is 5. The molecule has 2 atom stereocenters. The van der Waals surface area contributed by atoms with Crippen molar-refractivity contribution in [1.82, 2.24) is 10.2 Å². The molecule has 0 N–H and O–H groups in total. The Hall–Kier alpha value is -1.58. The molecule has 0 amide bonds. The molecule has 1 aliphatic carbocycles. The molecule has 1 fully saturated rings. The first kappa shape index (κ1) is 18.8. The van der Waals surface area contributed by atoms with E-state index in [1.54, 1.807) is 18.3 Å². The quantitative estimate of drug-likeness (QED) is 0.746. The minimum Gasteiger partial charge on any atom is -0.299 e. The third-order valence-corrected chi connectivity index (χ3v) is 5.11. The number of carbonyl (C=O) groups is 2. The second-order valence-electron chi connectivity index (χ2n) is 8.87. The first-order chi connectivity index (χ1) is 11.1. The zero-order chi connectivity index (χ0) is 18.0. The van der Waals surface area contributed by atoms with Crippen molar-refractivity contribution in [2.45, 2.75) is 66.7 Å². The topological polar surface area (TPSA) is 59.9 Å². The molecule has 0 aromatic carbocycles. The highest BCUT2D eigenvalue weighted by atomic mass is 16.1. The first-order valence-electron chi connectivity index (χ1n) is 8.98. The number of nitrogens with zero attached hydrogens (tertiary/aromatic N) is 2. The van der Waals surface area contributed by atoms with E-state index in [1.807, 2.05) is 34.6 Å². The number of hydrogen-bond donors (Lipinski definition) is 0. The van der Waals surface area contributed by atoms with E-state index in [-0.39, 0.29) is 17.1 Å². The Morgan fingerprint density at radius 3 is 2.46 bits per heavy atom. The summed E-state index contributed by atoms with van der Waals surface area (Å²) in [6.07, 6.45) is 6.46. The SMILES string of the molecule is CC(C)(C)C(=O)C1CCCC(CC(C)(C)C(=O)c2cccnn2)C1. The van der Waals surface area contributed by atoms with Crippen molar-refractivity contribution in [3.8, 4) is 0 Å². The van der Waals surface area contributed by atoms with Crippen molar-refractivity contribution < 1.29 is 9.59 Å². The minimum atomic E-state index is -0.479. The van der Waals surface area contributed by atoms with Crippen LogP contribution in [0.4, 0.5) is 0 Å². The van der Waals surface area contributed by atoms with Crippen molar-refractivity contribution >= 4 is 11.6 Å². The molecule has 4 nitrogen and oxygen atoms in total. The Labute approximate surface area is 145 Å². The van der Waals surface area contributed by atoms with Crippen LogP contribution in [-0.4, -0.2) is 21.8 Å². The predicted molar refractivity (Wildman–Crippen MR) is 94.7 cm³/mol. The van der Waals surface area contributed by atoms with Gasteiger partial charge in [0, 0.05) is 22.9 Å². The van der Waals surface area contributed by atoms with Crippen molar-refractivity contribution in [3.05, 3.63) is 24.0 Å². The van der Waals surface area contributed by atoms with E-state index in [0.717, 1.165) is 32.1 Å². The lowest BCUT2D eigenvalue weighted by Crippen LogP contribution is -2.34. The number of ketones is 2. The molecule has 0 aliphatic heterocycles. The van der Waals surface area contributed by atoms with Gasteiger partial charge in [-0.25, -0.2) is 0 Å². The molecule has 2 rings (SSSR count).